The van der Waals surface area contributed by atoms with E-state index in [1.54, 1.807) is 24.5 Å². The highest BCUT2D eigenvalue weighted by molar-refractivity contribution is 7.89. The number of pyridine rings is 1. The predicted octanol–water partition coefficient (Wildman–Crippen LogP) is 1.08. The van der Waals surface area contributed by atoms with Gasteiger partial charge in [-0.1, -0.05) is 6.07 Å². The molecule has 0 saturated heterocycles. The molecular formula is C12H11N5O4S. The predicted molar refractivity (Wildman–Crippen MR) is 79.9 cm³/mol. The molecule has 9 nitrogen and oxygen atoms in total. The number of primary sulfonamides is 1. The molecule has 0 aliphatic carbocycles. The number of nitro groups is 1. The summed E-state index contributed by atoms with van der Waals surface area (Å²) in [6.07, 6.45) is 4.58. The highest BCUT2D eigenvalue weighted by Gasteiger charge is 2.18. The minimum Gasteiger partial charge on any atom is -0.272 e. The van der Waals surface area contributed by atoms with Crippen LogP contribution in [0.25, 0.3) is 0 Å². The summed E-state index contributed by atoms with van der Waals surface area (Å²) in [7, 11) is -4.02. The Morgan fingerprint density at radius 3 is 2.73 bits per heavy atom. The molecule has 10 heteroatoms. The number of rotatable bonds is 5. The van der Waals surface area contributed by atoms with E-state index in [0.29, 0.717) is 5.56 Å². The van der Waals surface area contributed by atoms with Crippen molar-refractivity contribution in [1.29, 1.82) is 0 Å². The first-order chi connectivity index (χ1) is 10.4. The van der Waals surface area contributed by atoms with Gasteiger partial charge in [-0.15, -0.1) is 0 Å². The van der Waals surface area contributed by atoms with Gasteiger partial charge in [0.25, 0.3) is 5.69 Å². The number of benzene rings is 1. The van der Waals surface area contributed by atoms with Crippen molar-refractivity contribution < 1.29 is 13.3 Å². The van der Waals surface area contributed by atoms with Crippen LogP contribution < -0.4 is 10.6 Å². The summed E-state index contributed by atoms with van der Waals surface area (Å²) < 4.78 is 22.4. The number of nitro benzene ring substituents is 1. The van der Waals surface area contributed by atoms with E-state index < -0.39 is 20.6 Å². The molecule has 0 radical (unpaired) electrons. The summed E-state index contributed by atoms with van der Waals surface area (Å²) >= 11 is 0. The van der Waals surface area contributed by atoms with E-state index in [4.69, 9.17) is 5.14 Å². The molecule has 0 aliphatic rings. The van der Waals surface area contributed by atoms with Crippen molar-refractivity contribution in [2.75, 3.05) is 5.43 Å². The Balaban J connectivity index is 2.28. The number of hydrogen-bond donors (Lipinski definition) is 2. The van der Waals surface area contributed by atoms with E-state index in [1.165, 1.54) is 12.3 Å². The fourth-order valence-corrected chi connectivity index (χ4v) is 2.10. The van der Waals surface area contributed by atoms with Gasteiger partial charge < -0.3 is 0 Å². The minimum atomic E-state index is -4.02. The second-order valence-corrected chi connectivity index (χ2v) is 5.70. The first-order valence-electron chi connectivity index (χ1n) is 5.88. The Hall–Kier alpha value is -2.85. The Bertz CT molecular complexity index is 821. The van der Waals surface area contributed by atoms with Crippen LogP contribution in [0.15, 0.2) is 52.7 Å². The third-order valence-electron chi connectivity index (χ3n) is 2.58. The van der Waals surface area contributed by atoms with Gasteiger partial charge in [-0.2, -0.15) is 5.10 Å². The lowest BCUT2D eigenvalue weighted by molar-refractivity contribution is -0.384. The lowest BCUT2D eigenvalue weighted by atomic mass is 10.3. The molecule has 0 unspecified atom stereocenters. The Kier molecular flexibility index (Phi) is 4.44. The molecule has 2 aromatic rings. The lowest BCUT2D eigenvalue weighted by Crippen LogP contribution is -2.12. The Morgan fingerprint density at radius 1 is 1.36 bits per heavy atom. The maximum absolute atomic E-state index is 11.2. The van der Waals surface area contributed by atoms with Crippen LogP contribution in [0, 0.1) is 10.1 Å². The molecule has 3 N–H and O–H groups in total. The van der Waals surface area contributed by atoms with Crippen molar-refractivity contribution >= 4 is 27.6 Å². The molecule has 1 heterocycles. The van der Waals surface area contributed by atoms with Gasteiger partial charge in [-0.05, 0) is 18.2 Å². The Labute approximate surface area is 125 Å². The molecule has 114 valence electrons. The SMILES string of the molecule is NS(=O)(=O)c1ccc(N/N=C\c2cccnc2)c([N+](=O)[O-])c1. The van der Waals surface area contributed by atoms with Gasteiger partial charge in [-0.25, -0.2) is 13.6 Å². The van der Waals surface area contributed by atoms with Crippen LogP contribution in [0.3, 0.4) is 0 Å². The number of nitrogens with one attached hydrogen (secondary N) is 1. The van der Waals surface area contributed by atoms with Crippen molar-refractivity contribution in [1.82, 2.24) is 4.98 Å². The van der Waals surface area contributed by atoms with Crippen LogP contribution in [0.4, 0.5) is 11.4 Å². The van der Waals surface area contributed by atoms with E-state index in [0.717, 1.165) is 12.1 Å². The van der Waals surface area contributed by atoms with Crippen molar-refractivity contribution in [3.63, 3.8) is 0 Å². The van der Waals surface area contributed by atoms with Crippen LogP contribution in [0.2, 0.25) is 0 Å². The van der Waals surface area contributed by atoms with Gasteiger partial charge in [0.2, 0.25) is 10.0 Å². The quantitative estimate of drug-likeness (QED) is 0.479. The summed E-state index contributed by atoms with van der Waals surface area (Å²) in [6.45, 7) is 0. The van der Waals surface area contributed by atoms with Crippen molar-refractivity contribution in [2.24, 2.45) is 10.2 Å². The summed E-state index contributed by atoms with van der Waals surface area (Å²) in [6, 6.07) is 6.71. The third-order valence-corrected chi connectivity index (χ3v) is 3.49. The van der Waals surface area contributed by atoms with Gasteiger partial charge in [0.15, 0.2) is 0 Å². The van der Waals surface area contributed by atoms with E-state index >= 15 is 0 Å². The average molecular weight is 321 g/mol. The number of hydrogen-bond acceptors (Lipinski definition) is 7. The zero-order valence-corrected chi connectivity index (χ0v) is 11.9. The molecule has 0 bridgehead atoms. The molecule has 0 spiro atoms. The molecule has 0 aliphatic heterocycles. The van der Waals surface area contributed by atoms with Crippen LogP contribution >= 0.6 is 0 Å². The molecule has 0 amide bonds. The minimum absolute atomic E-state index is 0.0394. The lowest BCUT2D eigenvalue weighted by Gasteiger charge is -2.04. The van der Waals surface area contributed by atoms with Crippen LogP contribution in [0.1, 0.15) is 5.56 Å². The fourth-order valence-electron chi connectivity index (χ4n) is 1.56. The molecule has 1 aromatic heterocycles. The second kappa shape index (κ2) is 6.28. The van der Waals surface area contributed by atoms with E-state index in [1.807, 2.05) is 0 Å². The van der Waals surface area contributed by atoms with Gasteiger partial charge >= 0.3 is 0 Å². The van der Waals surface area contributed by atoms with Crippen LogP contribution in [-0.2, 0) is 10.0 Å². The molecule has 2 rings (SSSR count). The summed E-state index contributed by atoms with van der Waals surface area (Å²) in [5.74, 6) is 0. The van der Waals surface area contributed by atoms with E-state index in [-0.39, 0.29) is 10.6 Å². The number of anilines is 1. The van der Waals surface area contributed by atoms with Crippen molar-refractivity contribution in [3.05, 3.63) is 58.4 Å². The second-order valence-electron chi connectivity index (χ2n) is 4.14. The zero-order chi connectivity index (χ0) is 16.2. The Morgan fingerprint density at radius 2 is 2.14 bits per heavy atom. The molecular weight excluding hydrogens is 310 g/mol. The topological polar surface area (TPSA) is 141 Å². The van der Waals surface area contributed by atoms with Crippen LogP contribution in [-0.4, -0.2) is 24.5 Å². The highest BCUT2D eigenvalue weighted by atomic mass is 32.2. The third kappa shape index (κ3) is 3.84. The summed E-state index contributed by atoms with van der Waals surface area (Å²) in [4.78, 5) is 13.8. The highest BCUT2D eigenvalue weighted by Crippen LogP contribution is 2.27. The summed E-state index contributed by atoms with van der Waals surface area (Å²) in [5, 5.41) is 19.8. The first-order valence-corrected chi connectivity index (χ1v) is 7.43. The van der Waals surface area contributed by atoms with Crippen molar-refractivity contribution in [2.45, 2.75) is 4.90 Å². The summed E-state index contributed by atoms with van der Waals surface area (Å²) in [5.41, 5.74) is 2.77. The van der Waals surface area contributed by atoms with Gasteiger partial charge in [0.1, 0.15) is 5.69 Å². The first kappa shape index (κ1) is 15.5. The number of nitrogens with zero attached hydrogens (tertiary/aromatic N) is 3. The normalized spacial score (nSPS) is 11.5. The van der Waals surface area contributed by atoms with Gasteiger partial charge in [0, 0.05) is 24.0 Å². The molecule has 22 heavy (non-hydrogen) atoms. The largest absolute Gasteiger partial charge is 0.295 e. The molecule has 0 saturated carbocycles. The number of aromatic nitrogens is 1. The number of sulfonamides is 1. The fraction of sp³-hybridized carbons (Fsp3) is 0. The molecule has 1 aromatic carbocycles. The smallest absolute Gasteiger partial charge is 0.272 e. The van der Waals surface area contributed by atoms with Crippen LogP contribution in [0.5, 0.6) is 0 Å². The van der Waals surface area contributed by atoms with Crippen molar-refractivity contribution in [3.8, 4) is 0 Å². The monoisotopic (exact) mass is 321 g/mol. The molecule has 0 atom stereocenters. The maximum atomic E-state index is 11.2. The van der Waals surface area contributed by atoms with Gasteiger partial charge in [0.05, 0.1) is 16.0 Å². The van der Waals surface area contributed by atoms with Gasteiger partial charge in [-0.3, -0.25) is 20.5 Å². The van der Waals surface area contributed by atoms with E-state index in [9.17, 15) is 18.5 Å². The zero-order valence-electron chi connectivity index (χ0n) is 11.1. The molecule has 0 fully saturated rings. The number of hydrazone groups is 1. The number of nitrogens with two attached hydrogens (primary N) is 1. The van der Waals surface area contributed by atoms with E-state index in [2.05, 4.69) is 15.5 Å². The maximum Gasteiger partial charge on any atom is 0.295 e. The average Bonchev–Trinajstić information content (AvgIpc) is 2.47. The standard InChI is InChI=1S/C12H11N5O4S/c13-22(20,21)10-3-4-11(12(6-10)17(18)19)16-15-8-9-2-1-5-14-7-9/h1-8,16H,(H2,13,20,21)/b15-8-.